The molecule has 0 radical (unpaired) electrons. The van der Waals surface area contributed by atoms with Gasteiger partial charge < -0.3 is 15.2 Å². The maximum absolute atomic E-state index is 11.8. The lowest BCUT2D eigenvalue weighted by molar-refractivity contribution is 0.215. The average molecular weight is 355 g/mol. The molecule has 6 nitrogen and oxygen atoms in total. The normalized spacial score (nSPS) is 16.2. The minimum Gasteiger partial charge on any atom is -0.369 e. The average Bonchev–Trinajstić information content (AvgIpc) is 3.08. The largest absolute Gasteiger partial charge is 0.369 e. The zero-order valence-corrected chi connectivity index (χ0v) is 16.0. The molecule has 0 saturated heterocycles. The Morgan fingerprint density at radius 3 is 2.65 bits per heavy atom. The predicted molar refractivity (Wildman–Crippen MR) is 105 cm³/mol. The zero-order chi connectivity index (χ0) is 18.6. The van der Waals surface area contributed by atoms with Gasteiger partial charge in [0, 0.05) is 42.0 Å². The molecule has 0 bridgehead atoms. The summed E-state index contributed by atoms with van der Waals surface area (Å²) in [7, 11) is 4.29. The molecule has 0 amide bonds. The molecule has 26 heavy (non-hydrogen) atoms. The van der Waals surface area contributed by atoms with Gasteiger partial charge >= 0.3 is 0 Å². The number of nitrogens with one attached hydrogen (secondary N) is 2. The molecular weight excluding hydrogens is 326 g/mol. The Morgan fingerprint density at radius 1 is 1.27 bits per heavy atom. The number of hydrogen-bond acceptors (Lipinski definition) is 5. The van der Waals surface area contributed by atoms with E-state index < -0.39 is 0 Å². The summed E-state index contributed by atoms with van der Waals surface area (Å²) >= 11 is 0. The van der Waals surface area contributed by atoms with Gasteiger partial charge in [0.2, 0.25) is 0 Å². The summed E-state index contributed by atoms with van der Waals surface area (Å²) in [5.74, 6) is 1.45. The second-order valence-corrected chi connectivity index (χ2v) is 7.67. The number of pyridine rings is 1. The highest BCUT2D eigenvalue weighted by Gasteiger charge is 2.34. The van der Waals surface area contributed by atoms with Crippen LogP contribution in [0.15, 0.2) is 29.2 Å². The first-order valence-electron chi connectivity index (χ1n) is 9.45. The van der Waals surface area contributed by atoms with Crippen molar-refractivity contribution in [2.24, 2.45) is 5.41 Å². The lowest BCUT2D eigenvalue weighted by atomic mass is 9.85. The molecule has 3 rings (SSSR count). The van der Waals surface area contributed by atoms with E-state index in [2.05, 4.69) is 39.3 Å². The van der Waals surface area contributed by atoms with Gasteiger partial charge in [0.1, 0.15) is 11.6 Å². The molecule has 1 fully saturated rings. The molecule has 2 aromatic heterocycles. The van der Waals surface area contributed by atoms with Crippen molar-refractivity contribution in [1.29, 1.82) is 0 Å². The van der Waals surface area contributed by atoms with Crippen LogP contribution in [0.5, 0.6) is 0 Å². The molecule has 0 unspecified atom stereocenters. The number of rotatable bonds is 7. The molecule has 140 valence electrons. The van der Waals surface area contributed by atoms with Crippen molar-refractivity contribution in [2.45, 2.75) is 39.0 Å². The highest BCUT2D eigenvalue weighted by atomic mass is 16.1. The molecular formula is C20H29N5O. The van der Waals surface area contributed by atoms with E-state index in [9.17, 15) is 4.79 Å². The van der Waals surface area contributed by atoms with Gasteiger partial charge in [0.05, 0.1) is 0 Å². The second-order valence-electron chi connectivity index (χ2n) is 7.67. The van der Waals surface area contributed by atoms with Crippen LogP contribution in [-0.2, 0) is 6.42 Å². The third-order valence-corrected chi connectivity index (χ3v) is 5.15. The number of aromatic amines is 1. The summed E-state index contributed by atoms with van der Waals surface area (Å²) in [6.07, 6.45) is 7.67. The molecule has 6 heteroatoms. The first-order valence-corrected chi connectivity index (χ1v) is 9.45. The highest BCUT2D eigenvalue weighted by Crippen LogP contribution is 2.38. The SMILES string of the molecule is CCc1cc(=O)[nH]c(-c2ccc(NCC3(CN(C)C)CCCC3)nc2)n1. The third kappa shape index (κ3) is 4.49. The van der Waals surface area contributed by atoms with Crippen LogP contribution < -0.4 is 10.9 Å². The van der Waals surface area contributed by atoms with Gasteiger partial charge in [0.15, 0.2) is 0 Å². The highest BCUT2D eigenvalue weighted by molar-refractivity contribution is 5.55. The monoisotopic (exact) mass is 355 g/mol. The van der Waals surface area contributed by atoms with E-state index in [-0.39, 0.29) is 5.56 Å². The van der Waals surface area contributed by atoms with E-state index in [0.717, 1.165) is 36.6 Å². The first-order chi connectivity index (χ1) is 12.5. The maximum atomic E-state index is 11.8. The number of nitrogens with zero attached hydrogens (tertiary/aromatic N) is 3. The summed E-state index contributed by atoms with van der Waals surface area (Å²) in [4.78, 5) is 25.8. The third-order valence-electron chi connectivity index (χ3n) is 5.15. The minimum atomic E-state index is -0.124. The molecule has 1 aliphatic rings. The van der Waals surface area contributed by atoms with E-state index in [1.165, 1.54) is 25.7 Å². The van der Waals surface area contributed by atoms with Crippen LogP contribution in [0.25, 0.3) is 11.4 Å². The van der Waals surface area contributed by atoms with E-state index >= 15 is 0 Å². The molecule has 2 aromatic rings. The molecule has 2 heterocycles. The van der Waals surface area contributed by atoms with Crippen molar-refractivity contribution < 1.29 is 0 Å². The zero-order valence-electron chi connectivity index (χ0n) is 16.0. The van der Waals surface area contributed by atoms with E-state index in [1.54, 1.807) is 12.3 Å². The Morgan fingerprint density at radius 2 is 2.04 bits per heavy atom. The maximum Gasteiger partial charge on any atom is 0.251 e. The lowest BCUT2D eigenvalue weighted by Crippen LogP contribution is -2.37. The van der Waals surface area contributed by atoms with Gasteiger partial charge in [-0.3, -0.25) is 4.79 Å². The summed E-state index contributed by atoms with van der Waals surface area (Å²) in [6.45, 7) is 4.04. The molecule has 1 aliphatic carbocycles. The molecule has 0 aliphatic heterocycles. The van der Waals surface area contributed by atoms with Crippen LogP contribution in [-0.4, -0.2) is 47.0 Å². The lowest BCUT2D eigenvalue weighted by Gasteiger charge is -2.32. The van der Waals surface area contributed by atoms with Gasteiger partial charge in [-0.25, -0.2) is 9.97 Å². The molecule has 0 spiro atoms. The Hall–Kier alpha value is -2.21. The van der Waals surface area contributed by atoms with Gasteiger partial charge in [-0.15, -0.1) is 0 Å². The van der Waals surface area contributed by atoms with Gasteiger partial charge in [-0.2, -0.15) is 0 Å². The van der Waals surface area contributed by atoms with Gasteiger partial charge in [0.25, 0.3) is 5.56 Å². The Balaban J connectivity index is 1.70. The van der Waals surface area contributed by atoms with Crippen molar-refractivity contribution in [3.05, 3.63) is 40.4 Å². The Kier molecular flexibility index (Phi) is 5.71. The molecule has 0 atom stereocenters. The number of hydrogen-bond donors (Lipinski definition) is 2. The summed E-state index contributed by atoms with van der Waals surface area (Å²) < 4.78 is 0. The van der Waals surface area contributed by atoms with E-state index in [1.807, 2.05) is 19.1 Å². The molecule has 0 aromatic carbocycles. The number of aromatic nitrogens is 3. The molecule has 2 N–H and O–H groups in total. The van der Waals surface area contributed by atoms with Crippen molar-refractivity contribution in [3.8, 4) is 11.4 Å². The predicted octanol–water partition coefficient (Wildman–Crippen LogP) is 2.93. The van der Waals surface area contributed by atoms with Gasteiger partial charge in [-0.1, -0.05) is 19.8 Å². The van der Waals surface area contributed by atoms with Gasteiger partial charge in [-0.05, 0) is 45.5 Å². The van der Waals surface area contributed by atoms with Crippen LogP contribution in [0.1, 0.15) is 38.3 Å². The fourth-order valence-corrected chi connectivity index (χ4v) is 3.93. The van der Waals surface area contributed by atoms with Crippen LogP contribution in [0.3, 0.4) is 0 Å². The van der Waals surface area contributed by atoms with Crippen molar-refractivity contribution in [2.75, 3.05) is 32.5 Å². The second kappa shape index (κ2) is 7.99. The fourth-order valence-electron chi connectivity index (χ4n) is 3.93. The number of anilines is 1. The van der Waals surface area contributed by atoms with Crippen molar-refractivity contribution >= 4 is 5.82 Å². The Bertz CT molecular complexity index is 776. The summed E-state index contributed by atoms with van der Waals surface area (Å²) in [5.41, 5.74) is 1.83. The minimum absolute atomic E-state index is 0.124. The summed E-state index contributed by atoms with van der Waals surface area (Å²) in [6, 6.07) is 5.46. The number of aryl methyl sites for hydroxylation is 1. The summed E-state index contributed by atoms with van der Waals surface area (Å²) in [5, 5.41) is 3.52. The quantitative estimate of drug-likeness (QED) is 0.799. The fraction of sp³-hybridized carbons (Fsp3) is 0.550. The van der Waals surface area contributed by atoms with Crippen molar-refractivity contribution in [1.82, 2.24) is 19.9 Å². The van der Waals surface area contributed by atoms with E-state index in [0.29, 0.717) is 11.2 Å². The topological polar surface area (TPSA) is 73.9 Å². The smallest absolute Gasteiger partial charge is 0.251 e. The van der Waals surface area contributed by atoms with Crippen molar-refractivity contribution in [3.63, 3.8) is 0 Å². The number of H-pyrrole nitrogens is 1. The Labute approximate surface area is 155 Å². The van der Waals surface area contributed by atoms with Crippen LogP contribution >= 0.6 is 0 Å². The first kappa shape index (κ1) is 18.6. The van der Waals surface area contributed by atoms with E-state index in [4.69, 9.17) is 0 Å². The van der Waals surface area contributed by atoms with Crippen LogP contribution in [0.4, 0.5) is 5.82 Å². The van der Waals surface area contributed by atoms with Crippen LogP contribution in [0.2, 0.25) is 0 Å². The standard InChI is InChI=1S/C20H29N5O/c1-4-16-11-18(26)24-19(23-16)15-7-8-17(21-12-15)22-13-20(14-25(2)3)9-5-6-10-20/h7-8,11-12H,4-6,9-10,13-14H2,1-3H3,(H,21,22)(H,23,24,26). The van der Waals surface area contributed by atoms with Crippen LogP contribution in [0, 0.1) is 5.41 Å². The molecule has 1 saturated carbocycles.